The lowest BCUT2D eigenvalue weighted by molar-refractivity contribution is 0.156. The predicted octanol–water partition coefficient (Wildman–Crippen LogP) is 1.63. The van der Waals surface area contributed by atoms with Crippen LogP contribution in [0.1, 0.15) is 12.8 Å². The summed E-state index contributed by atoms with van der Waals surface area (Å²) in [5.74, 6) is 0.745. The summed E-state index contributed by atoms with van der Waals surface area (Å²) in [6.07, 6.45) is 4.26. The van der Waals surface area contributed by atoms with Crippen molar-refractivity contribution in [1.82, 2.24) is 10.3 Å². The van der Waals surface area contributed by atoms with Gasteiger partial charge in [0.15, 0.2) is 0 Å². The van der Waals surface area contributed by atoms with E-state index >= 15 is 0 Å². The molecule has 3 nitrogen and oxygen atoms in total. The van der Waals surface area contributed by atoms with Crippen molar-refractivity contribution in [3.05, 3.63) is 24.4 Å². The number of piperidine rings is 1. The van der Waals surface area contributed by atoms with Crippen molar-refractivity contribution in [1.29, 1.82) is 0 Å². The van der Waals surface area contributed by atoms with E-state index in [2.05, 4.69) is 10.3 Å². The lowest BCUT2D eigenvalue weighted by Gasteiger charge is -2.22. The third-order valence-corrected chi connectivity index (χ3v) is 2.21. The van der Waals surface area contributed by atoms with Crippen LogP contribution < -0.4 is 10.1 Å². The topological polar surface area (TPSA) is 34.1 Å². The third-order valence-electron chi connectivity index (χ3n) is 2.21. The van der Waals surface area contributed by atoms with Gasteiger partial charge in [-0.1, -0.05) is 6.07 Å². The van der Waals surface area contributed by atoms with E-state index in [0.717, 1.165) is 31.8 Å². The Morgan fingerprint density at radius 3 is 2.71 bits per heavy atom. The molecule has 14 heavy (non-hydrogen) atoms. The number of nitrogens with one attached hydrogen (secondary N) is 1. The van der Waals surface area contributed by atoms with Crippen molar-refractivity contribution in [2.24, 2.45) is 0 Å². The number of rotatable bonds is 2. The zero-order chi connectivity index (χ0) is 8.93. The van der Waals surface area contributed by atoms with Gasteiger partial charge in [-0.3, -0.25) is 0 Å². The molecule has 0 bridgehead atoms. The molecule has 1 fully saturated rings. The van der Waals surface area contributed by atoms with Gasteiger partial charge in [0, 0.05) is 12.3 Å². The molecule has 2 heterocycles. The van der Waals surface area contributed by atoms with Crippen LogP contribution in [0.2, 0.25) is 0 Å². The van der Waals surface area contributed by atoms with Crippen molar-refractivity contribution in [3.63, 3.8) is 0 Å². The van der Waals surface area contributed by atoms with Crippen LogP contribution in [0.15, 0.2) is 24.4 Å². The molecule has 0 aliphatic carbocycles. The van der Waals surface area contributed by atoms with Gasteiger partial charge >= 0.3 is 0 Å². The fourth-order valence-electron chi connectivity index (χ4n) is 1.50. The first-order valence-electron chi connectivity index (χ1n) is 4.73. The van der Waals surface area contributed by atoms with E-state index in [1.165, 1.54) is 0 Å². The Morgan fingerprint density at radius 2 is 2.07 bits per heavy atom. The van der Waals surface area contributed by atoms with E-state index in [1.807, 2.05) is 18.2 Å². The molecular weight excluding hydrogens is 200 g/mol. The number of hydrogen-bond donors (Lipinski definition) is 1. The molecule has 1 N–H and O–H groups in total. The molecule has 1 saturated heterocycles. The van der Waals surface area contributed by atoms with E-state index in [0.29, 0.717) is 6.10 Å². The fourth-order valence-corrected chi connectivity index (χ4v) is 1.50. The lowest BCUT2D eigenvalue weighted by Crippen LogP contribution is -2.34. The summed E-state index contributed by atoms with van der Waals surface area (Å²) in [5, 5.41) is 3.30. The van der Waals surface area contributed by atoms with Crippen molar-refractivity contribution in [2.45, 2.75) is 18.9 Å². The Kier molecular flexibility index (Phi) is 4.70. The summed E-state index contributed by atoms with van der Waals surface area (Å²) in [5.41, 5.74) is 0. The van der Waals surface area contributed by atoms with Crippen molar-refractivity contribution < 1.29 is 4.74 Å². The number of nitrogens with zero attached hydrogens (tertiary/aromatic N) is 1. The Labute approximate surface area is 90.3 Å². The molecule has 0 amide bonds. The van der Waals surface area contributed by atoms with Gasteiger partial charge in [0.25, 0.3) is 0 Å². The molecule has 1 aliphatic rings. The van der Waals surface area contributed by atoms with E-state index in [4.69, 9.17) is 4.74 Å². The average Bonchev–Trinajstić information content (AvgIpc) is 2.21. The van der Waals surface area contributed by atoms with Gasteiger partial charge < -0.3 is 10.1 Å². The zero-order valence-electron chi connectivity index (χ0n) is 7.98. The number of halogens is 1. The monoisotopic (exact) mass is 214 g/mol. The summed E-state index contributed by atoms with van der Waals surface area (Å²) in [6.45, 7) is 2.11. The van der Waals surface area contributed by atoms with Gasteiger partial charge in [-0.15, -0.1) is 12.4 Å². The molecule has 0 unspecified atom stereocenters. The normalized spacial score (nSPS) is 17.1. The van der Waals surface area contributed by atoms with Crippen molar-refractivity contribution in [3.8, 4) is 5.88 Å². The first-order valence-corrected chi connectivity index (χ1v) is 4.73. The quantitative estimate of drug-likeness (QED) is 0.813. The molecule has 1 aromatic rings. The van der Waals surface area contributed by atoms with Crippen molar-refractivity contribution in [2.75, 3.05) is 13.1 Å². The largest absolute Gasteiger partial charge is 0.474 e. The molecule has 0 radical (unpaired) electrons. The van der Waals surface area contributed by atoms with E-state index < -0.39 is 0 Å². The van der Waals surface area contributed by atoms with Gasteiger partial charge in [0.2, 0.25) is 5.88 Å². The molecule has 78 valence electrons. The Morgan fingerprint density at radius 1 is 1.29 bits per heavy atom. The molecule has 0 aromatic carbocycles. The van der Waals surface area contributed by atoms with E-state index in [1.54, 1.807) is 6.20 Å². The Balaban J connectivity index is 0.000000980. The van der Waals surface area contributed by atoms with E-state index in [-0.39, 0.29) is 12.4 Å². The summed E-state index contributed by atoms with van der Waals surface area (Å²) < 4.78 is 5.70. The maximum Gasteiger partial charge on any atom is 0.213 e. The van der Waals surface area contributed by atoms with Crippen LogP contribution in [-0.2, 0) is 0 Å². The molecule has 0 saturated carbocycles. The maximum absolute atomic E-state index is 5.70. The summed E-state index contributed by atoms with van der Waals surface area (Å²) in [4.78, 5) is 4.13. The highest BCUT2D eigenvalue weighted by atomic mass is 35.5. The number of aromatic nitrogens is 1. The second-order valence-electron chi connectivity index (χ2n) is 3.24. The SMILES string of the molecule is Cl.c1ccc(OC2CCNCC2)nc1. The molecule has 1 aromatic heterocycles. The van der Waals surface area contributed by atoms with Crippen LogP contribution in [0, 0.1) is 0 Å². The Hall–Kier alpha value is -0.800. The summed E-state index contributed by atoms with van der Waals surface area (Å²) in [7, 11) is 0. The number of pyridine rings is 1. The summed E-state index contributed by atoms with van der Waals surface area (Å²) >= 11 is 0. The van der Waals surface area contributed by atoms with Gasteiger partial charge in [-0.2, -0.15) is 0 Å². The predicted molar refractivity (Wildman–Crippen MR) is 58.0 cm³/mol. The molecule has 4 heteroatoms. The van der Waals surface area contributed by atoms with Crippen LogP contribution >= 0.6 is 12.4 Å². The van der Waals surface area contributed by atoms with Gasteiger partial charge in [-0.25, -0.2) is 4.98 Å². The standard InChI is InChI=1S/C10H14N2O.ClH/c1-2-6-12-10(3-1)13-9-4-7-11-8-5-9;/h1-3,6,9,11H,4-5,7-8H2;1H. The smallest absolute Gasteiger partial charge is 0.213 e. The van der Waals surface area contributed by atoms with Crippen LogP contribution in [0.5, 0.6) is 5.88 Å². The second kappa shape index (κ2) is 5.83. The maximum atomic E-state index is 5.70. The minimum Gasteiger partial charge on any atom is -0.474 e. The van der Waals surface area contributed by atoms with Crippen molar-refractivity contribution >= 4 is 12.4 Å². The van der Waals surface area contributed by atoms with Gasteiger partial charge in [0.05, 0.1) is 0 Å². The first kappa shape index (κ1) is 11.3. The van der Waals surface area contributed by atoms with Gasteiger partial charge in [0.1, 0.15) is 6.10 Å². The minimum absolute atomic E-state index is 0. The van der Waals surface area contributed by atoms with Gasteiger partial charge in [-0.05, 0) is 32.0 Å². The van der Waals surface area contributed by atoms with Crippen LogP contribution in [0.25, 0.3) is 0 Å². The molecule has 0 atom stereocenters. The molecular formula is C10H15ClN2O. The number of hydrogen-bond acceptors (Lipinski definition) is 3. The number of ether oxygens (including phenoxy) is 1. The van der Waals surface area contributed by atoms with E-state index in [9.17, 15) is 0 Å². The van der Waals surface area contributed by atoms with Crippen LogP contribution in [-0.4, -0.2) is 24.2 Å². The minimum atomic E-state index is 0. The second-order valence-corrected chi connectivity index (χ2v) is 3.24. The zero-order valence-corrected chi connectivity index (χ0v) is 8.80. The summed E-state index contributed by atoms with van der Waals surface area (Å²) in [6, 6.07) is 5.75. The first-order chi connectivity index (χ1) is 6.45. The molecule has 1 aliphatic heterocycles. The highest BCUT2D eigenvalue weighted by Crippen LogP contribution is 2.12. The lowest BCUT2D eigenvalue weighted by atomic mass is 10.1. The van der Waals surface area contributed by atoms with Crippen LogP contribution in [0.3, 0.4) is 0 Å². The third kappa shape index (κ3) is 3.16. The van der Waals surface area contributed by atoms with Crippen LogP contribution in [0.4, 0.5) is 0 Å². The molecule has 0 spiro atoms. The Bertz CT molecular complexity index is 250. The average molecular weight is 215 g/mol. The fraction of sp³-hybridized carbons (Fsp3) is 0.500. The highest BCUT2D eigenvalue weighted by Gasteiger charge is 2.14. The highest BCUT2D eigenvalue weighted by molar-refractivity contribution is 5.85. The molecule has 2 rings (SSSR count).